The van der Waals surface area contributed by atoms with E-state index in [1.807, 2.05) is 30.3 Å². The summed E-state index contributed by atoms with van der Waals surface area (Å²) in [6, 6.07) is 9.57. The van der Waals surface area contributed by atoms with Crippen LogP contribution in [0.3, 0.4) is 0 Å². The summed E-state index contributed by atoms with van der Waals surface area (Å²) in [4.78, 5) is 5.39. The zero-order valence-electron chi connectivity index (χ0n) is 11.2. The summed E-state index contributed by atoms with van der Waals surface area (Å²) >= 11 is 1.41. The first-order valence-electron chi connectivity index (χ1n) is 6.38. The normalized spacial score (nSPS) is 11.8. The van der Waals surface area contributed by atoms with Gasteiger partial charge in [-0.05, 0) is 0 Å². The molecule has 114 valence electrons. The van der Waals surface area contributed by atoms with Gasteiger partial charge in [-0.15, -0.1) is 11.3 Å². The molecule has 0 fully saturated rings. The maximum Gasteiger partial charge on any atom is 0.411 e. The van der Waals surface area contributed by atoms with Crippen LogP contribution in [0.1, 0.15) is 9.88 Å². The van der Waals surface area contributed by atoms with Crippen molar-refractivity contribution in [1.82, 2.24) is 4.98 Å². The fourth-order valence-electron chi connectivity index (χ4n) is 1.81. The lowest BCUT2D eigenvalue weighted by atomic mass is 10.1. The third-order valence-corrected chi connectivity index (χ3v) is 3.84. The Labute approximate surface area is 124 Å². The number of ether oxygens (including phenoxy) is 1. The lowest BCUT2D eigenvalue weighted by molar-refractivity contribution is -0.173. The number of rotatable bonds is 6. The van der Waals surface area contributed by atoms with Gasteiger partial charge in [0.1, 0.15) is 6.61 Å². The van der Waals surface area contributed by atoms with E-state index in [1.165, 1.54) is 11.3 Å². The molecule has 0 saturated carbocycles. The second-order valence-electron chi connectivity index (χ2n) is 4.37. The molecule has 1 aromatic heterocycles. The summed E-state index contributed by atoms with van der Waals surface area (Å²) in [7, 11) is 0. The van der Waals surface area contributed by atoms with Gasteiger partial charge in [-0.2, -0.15) is 13.2 Å². The highest BCUT2D eigenvalue weighted by Gasteiger charge is 2.27. The highest BCUT2D eigenvalue weighted by Crippen LogP contribution is 2.28. The van der Waals surface area contributed by atoms with Crippen molar-refractivity contribution in [1.29, 1.82) is 0 Å². The summed E-state index contributed by atoms with van der Waals surface area (Å²) in [6.07, 6.45) is -3.94. The summed E-state index contributed by atoms with van der Waals surface area (Å²) in [6.45, 7) is -0.885. The van der Waals surface area contributed by atoms with Crippen molar-refractivity contribution >= 4 is 11.3 Å². The van der Waals surface area contributed by atoms with Crippen LogP contribution in [0.25, 0.3) is 11.3 Å². The van der Waals surface area contributed by atoms with Crippen molar-refractivity contribution in [2.75, 3.05) is 13.2 Å². The Bertz CT molecular complexity index is 569. The van der Waals surface area contributed by atoms with Gasteiger partial charge in [0.15, 0.2) is 0 Å². The minimum atomic E-state index is -4.29. The zero-order valence-corrected chi connectivity index (χ0v) is 12.0. The number of nitrogens with zero attached hydrogens (tertiary/aromatic N) is 1. The smallest absolute Gasteiger partial charge is 0.372 e. The van der Waals surface area contributed by atoms with Gasteiger partial charge in [0, 0.05) is 23.4 Å². The van der Waals surface area contributed by atoms with Crippen molar-refractivity contribution in [2.24, 2.45) is 5.73 Å². The Morgan fingerprint density at radius 2 is 1.90 bits per heavy atom. The molecule has 0 aliphatic rings. The van der Waals surface area contributed by atoms with Crippen LogP contribution in [0, 0.1) is 0 Å². The van der Waals surface area contributed by atoms with E-state index in [0.717, 1.165) is 21.1 Å². The topological polar surface area (TPSA) is 48.1 Å². The molecule has 2 N–H and O–H groups in total. The molecule has 21 heavy (non-hydrogen) atoms. The van der Waals surface area contributed by atoms with Gasteiger partial charge < -0.3 is 10.5 Å². The van der Waals surface area contributed by atoms with Crippen molar-refractivity contribution < 1.29 is 17.9 Å². The number of hydrogen-bond donors (Lipinski definition) is 1. The predicted molar refractivity (Wildman–Crippen MR) is 76.0 cm³/mol. The lowest BCUT2D eigenvalue weighted by Gasteiger charge is -2.06. The average molecular weight is 316 g/mol. The van der Waals surface area contributed by atoms with E-state index in [4.69, 9.17) is 5.73 Å². The van der Waals surface area contributed by atoms with Crippen LogP contribution in [-0.4, -0.2) is 24.4 Å². The molecule has 0 aliphatic heterocycles. The summed E-state index contributed by atoms with van der Waals surface area (Å²) in [5, 5.41) is 0.733. The molecule has 2 rings (SSSR count). The minimum Gasteiger partial charge on any atom is -0.372 e. The second-order valence-corrected chi connectivity index (χ2v) is 5.54. The Balaban J connectivity index is 2.01. The summed E-state index contributed by atoms with van der Waals surface area (Å²) in [5.41, 5.74) is 7.46. The molecular weight excluding hydrogens is 301 g/mol. The van der Waals surface area contributed by atoms with E-state index in [1.54, 1.807) is 0 Å². The third-order valence-electron chi connectivity index (χ3n) is 2.70. The van der Waals surface area contributed by atoms with Crippen molar-refractivity contribution in [2.45, 2.75) is 19.1 Å². The van der Waals surface area contributed by atoms with E-state index < -0.39 is 12.8 Å². The van der Waals surface area contributed by atoms with Gasteiger partial charge >= 0.3 is 6.18 Å². The van der Waals surface area contributed by atoms with Crippen LogP contribution < -0.4 is 5.73 Å². The van der Waals surface area contributed by atoms with E-state index in [0.29, 0.717) is 13.0 Å². The van der Waals surface area contributed by atoms with Gasteiger partial charge in [0.25, 0.3) is 0 Å². The van der Waals surface area contributed by atoms with Gasteiger partial charge in [-0.1, -0.05) is 30.3 Å². The molecule has 0 saturated heterocycles. The number of halogens is 3. The first-order chi connectivity index (χ1) is 9.99. The van der Waals surface area contributed by atoms with Crippen molar-refractivity contribution in [3.8, 4) is 11.3 Å². The highest BCUT2D eigenvalue weighted by atomic mass is 32.1. The number of alkyl halides is 3. The predicted octanol–water partition coefficient (Wildman–Crippen LogP) is 3.39. The SMILES string of the molecule is NCc1sc(CCOCC(F)(F)F)nc1-c1ccccc1. The molecule has 1 heterocycles. The van der Waals surface area contributed by atoms with Crippen LogP contribution in [0.15, 0.2) is 30.3 Å². The first kappa shape index (κ1) is 15.9. The second kappa shape index (κ2) is 7.02. The van der Waals surface area contributed by atoms with Crippen molar-refractivity contribution in [3.05, 3.63) is 40.2 Å². The van der Waals surface area contributed by atoms with Gasteiger partial charge in [0.2, 0.25) is 0 Å². The first-order valence-corrected chi connectivity index (χ1v) is 7.20. The van der Waals surface area contributed by atoms with E-state index in [9.17, 15) is 13.2 Å². The molecule has 3 nitrogen and oxygen atoms in total. The molecule has 0 amide bonds. The average Bonchev–Trinajstić information content (AvgIpc) is 2.87. The monoisotopic (exact) mass is 316 g/mol. The molecular formula is C14H15F3N2OS. The van der Waals surface area contributed by atoms with Gasteiger partial charge in [-0.3, -0.25) is 0 Å². The Morgan fingerprint density at radius 3 is 2.52 bits per heavy atom. The van der Waals surface area contributed by atoms with Crippen LogP contribution >= 0.6 is 11.3 Å². The van der Waals surface area contributed by atoms with Crippen LogP contribution in [0.4, 0.5) is 13.2 Å². The molecule has 0 spiro atoms. The van der Waals surface area contributed by atoms with Crippen LogP contribution in [0.2, 0.25) is 0 Å². The van der Waals surface area contributed by atoms with Gasteiger partial charge in [-0.25, -0.2) is 4.98 Å². The largest absolute Gasteiger partial charge is 0.411 e. The van der Waals surface area contributed by atoms with Crippen molar-refractivity contribution in [3.63, 3.8) is 0 Å². The zero-order chi connectivity index (χ0) is 15.3. The van der Waals surface area contributed by atoms with Crippen LogP contribution in [0.5, 0.6) is 0 Å². The fraction of sp³-hybridized carbons (Fsp3) is 0.357. The quantitative estimate of drug-likeness (QED) is 0.831. The highest BCUT2D eigenvalue weighted by molar-refractivity contribution is 7.12. The number of thiazole rings is 1. The molecule has 0 aliphatic carbocycles. The van der Waals surface area contributed by atoms with E-state index in [2.05, 4.69) is 9.72 Å². The summed E-state index contributed by atoms with van der Waals surface area (Å²) < 4.78 is 40.5. The van der Waals surface area contributed by atoms with Crippen LogP contribution in [-0.2, 0) is 17.7 Å². The molecule has 0 unspecified atom stereocenters. The fourth-order valence-corrected chi connectivity index (χ4v) is 2.76. The molecule has 1 aromatic carbocycles. The Kier molecular flexibility index (Phi) is 5.33. The number of aromatic nitrogens is 1. The number of hydrogen-bond acceptors (Lipinski definition) is 4. The molecule has 7 heteroatoms. The maximum atomic E-state index is 12.0. The van der Waals surface area contributed by atoms with E-state index >= 15 is 0 Å². The number of nitrogens with two attached hydrogens (primary N) is 1. The minimum absolute atomic E-state index is 0.00867. The summed E-state index contributed by atoms with van der Waals surface area (Å²) in [5.74, 6) is 0. The molecule has 2 aromatic rings. The Morgan fingerprint density at radius 1 is 1.19 bits per heavy atom. The van der Waals surface area contributed by atoms with E-state index in [-0.39, 0.29) is 6.61 Å². The maximum absolute atomic E-state index is 12.0. The molecule has 0 radical (unpaired) electrons. The number of benzene rings is 1. The van der Waals surface area contributed by atoms with Gasteiger partial charge in [0.05, 0.1) is 17.3 Å². The molecule has 0 bridgehead atoms. The third kappa shape index (κ3) is 4.80. The lowest BCUT2D eigenvalue weighted by Crippen LogP contribution is -2.17. The Hall–Kier alpha value is -1.44. The standard InChI is InChI=1S/C14H15F3N2OS/c15-14(16,17)9-20-7-6-12-19-13(11(8-18)21-12)10-4-2-1-3-5-10/h1-5H,6-9,18H2. The molecule has 0 atom stereocenters.